The Morgan fingerprint density at radius 2 is 0.844 bits per heavy atom. The van der Waals surface area contributed by atoms with Crippen LogP contribution in [-0.4, -0.2) is 9.85 Å². The molecular weight excluding hydrogens is 408 g/mol. The second kappa shape index (κ2) is 9.13. The largest absolute Gasteiger partial charge is 0.269 e. The monoisotopic (exact) mass is 428 g/mol. The topological polar surface area (TPSA) is 94.0 Å². The van der Waals surface area contributed by atoms with E-state index >= 15 is 0 Å². The Kier molecular flexibility index (Phi) is 5.94. The van der Waals surface area contributed by atoms with Gasteiger partial charge >= 0.3 is 0 Å². The van der Waals surface area contributed by atoms with Crippen LogP contribution < -0.4 is 9.13 Å². The van der Waals surface area contributed by atoms with Gasteiger partial charge in [0, 0.05) is 59.7 Å². The van der Waals surface area contributed by atoms with Crippen LogP contribution in [0.4, 0.5) is 11.4 Å². The summed E-state index contributed by atoms with van der Waals surface area (Å²) >= 11 is 0. The number of pyridine rings is 2. The summed E-state index contributed by atoms with van der Waals surface area (Å²) in [5.74, 6) is 0. The van der Waals surface area contributed by atoms with Gasteiger partial charge in [-0.2, -0.15) is 0 Å². The number of aromatic nitrogens is 2. The highest BCUT2D eigenvalue weighted by molar-refractivity contribution is 5.61. The minimum absolute atomic E-state index is 0.0870. The van der Waals surface area contributed by atoms with Crippen molar-refractivity contribution in [1.82, 2.24) is 0 Å². The van der Waals surface area contributed by atoms with E-state index in [2.05, 4.69) is 0 Å². The second-order valence-corrected chi connectivity index (χ2v) is 7.37. The lowest BCUT2D eigenvalue weighted by Gasteiger charge is -2.02. The Morgan fingerprint density at radius 1 is 0.531 bits per heavy atom. The fraction of sp³-hybridized carbons (Fsp3) is 0.0833. The Bertz CT molecular complexity index is 1140. The molecule has 2 aromatic heterocycles. The van der Waals surface area contributed by atoms with Crippen molar-refractivity contribution in [3.8, 4) is 11.1 Å². The molecule has 0 unspecified atom stereocenters. The lowest BCUT2D eigenvalue weighted by molar-refractivity contribution is -0.688. The van der Waals surface area contributed by atoms with Crippen LogP contribution in [0.2, 0.25) is 0 Å². The highest BCUT2D eigenvalue weighted by Gasteiger charge is 2.10. The highest BCUT2D eigenvalue weighted by Crippen LogP contribution is 2.17. The summed E-state index contributed by atoms with van der Waals surface area (Å²) in [4.78, 5) is 20.7. The quantitative estimate of drug-likeness (QED) is 0.254. The van der Waals surface area contributed by atoms with E-state index in [1.165, 1.54) is 24.3 Å². The van der Waals surface area contributed by atoms with Crippen LogP contribution in [-0.2, 0) is 13.1 Å². The molecule has 158 valence electrons. The third kappa shape index (κ3) is 4.99. The van der Waals surface area contributed by atoms with Crippen LogP contribution in [0.1, 0.15) is 11.1 Å². The van der Waals surface area contributed by atoms with Crippen molar-refractivity contribution in [2.75, 3.05) is 0 Å². The molecule has 0 saturated carbocycles. The molecule has 0 atom stereocenters. The smallest absolute Gasteiger partial charge is 0.258 e. The van der Waals surface area contributed by atoms with Gasteiger partial charge in [-0.1, -0.05) is 0 Å². The SMILES string of the molecule is O=[N+]([O-])c1ccc(C[n+]2ccc(-c3cc[n+](Cc4ccc([N+](=O)[O-])cc4)cc3)cc2)cc1. The van der Waals surface area contributed by atoms with E-state index in [-0.39, 0.29) is 11.4 Å². The van der Waals surface area contributed by atoms with Crippen molar-refractivity contribution in [1.29, 1.82) is 0 Å². The molecule has 0 aliphatic carbocycles. The van der Waals surface area contributed by atoms with Crippen molar-refractivity contribution >= 4 is 11.4 Å². The lowest BCUT2D eigenvalue weighted by atomic mass is 10.1. The first kappa shape index (κ1) is 20.8. The van der Waals surface area contributed by atoms with Gasteiger partial charge in [-0.3, -0.25) is 20.2 Å². The number of hydrogen-bond donors (Lipinski definition) is 0. The van der Waals surface area contributed by atoms with E-state index in [0.29, 0.717) is 13.1 Å². The van der Waals surface area contributed by atoms with E-state index in [9.17, 15) is 20.2 Å². The van der Waals surface area contributed by atoms with E-state index in [0.717, 1.165) is 22.3 Å². The highest BCUT2D eigenvalue weighted by atomic mass is 16.6. The first-order valence-electron chi connectivity index (χ1n) is 9.93. The van der Waals surface area contributed by atoms with Gasteiger partial charge < -0.3 is 0 Å². The minimum Gasteiger partial charge on any atom is -0.258 e. The molecule has 0 saturated heterocycles. The number of rotatable bonds is 7. The van der Waals surface area contributed by atoms with Crippen molar-refractivity contribution in [2.45, 2.75) is 13.1 Å². The van der Waals surface area contributed by atoms with Gasteiger partial charge in [0.2, 0.25) is 0 Å². The molecule has 0 N–H and O–H groups in total. The van der Waals surface area contributed by atoms with Crippen molar-refractivity contribution in [2.24, 2.45) is 0 Å². The molecule has 0 bridgehead atoms. The number of nitrogens with zero attached hydrogens (tertiary/aromatic N) is 4. The number of nitro groups is 2. The lowest BCUT2D eigenvalue weighted by Crippen LogP contribution is -2.33. The Morgan fingerprint density at radius 3 is 1.12 bits per heavy atom. The van der Waals surface area contributed by atoms with Crippen LogP contribution in [0.15, 0.2) is 97.6 Å². The van der Waals surface area contributed by atoms with E-state index in [1.54, 1.807) is 24.3 Å². The summed E-state index contributed by atoms with van der Waals surface area (Å²) in [5, 5.41) is 21.5. The van der Waals surface area contributed by atoms with Gasteiger partial charge in [-0.05, 0) is 35.4 Å². The first-order valence-corrected chi connectivity index (χ1v) is 9.93. The molecular formula is C24H20N4O4+2. The fourth-order valence-corrected chi connectivity index (χ4v) is 3.38. The maximum absolute atomic E-state index is 10.8. The molecule has 0 radical (unpaired) electrons. The fourth-order valence-electron chi connectivity index (χ4n) is 3.38. The molecule has 0 aliphatic heterocycles. The van der Waals surface area contributed by atoms with Crippen molar-refractivity contribution in [3.63, 3.8) is 0 Å². The van der Waals surface area contributed by atoms with Gasteiger partial charge in [0.15, 0.2) is 37.9 Å². The van der Waals surface area contributed by atoms with Crippen LogP contribution in [0.3, 0.4) is 0 Å². The summed E-state index contributed by atoms with van der Waals surface area (Å²) in [5.41, 5.74) is 4.30. The number of non-ortho nitro benzene ring substituents is 2. The third-order valence-electron chi connectivity index (χ3n) is 5.14. The number of hydrogen-bond acceptors (Lipinski definition) is 4. The van der Waals surface area contributed by atoms with Crippen LogP contribution >= 0.6 is 0 Å². The Balaban J connectivity index is 1.40. The Labute approximate surface area is 183 Å². The predicted octanol–water partition coefficient (Wildman–Crippen LogP) is 3.84. The maximum atomic E-state index is 10.8. The standard InChI is InChI=1S/C24H20N4O4/c29-27(30)23-5-1-19(2-6-23)17-25-13-9-21(10-14-25)22-11-15-26(16-12-22)18-20-3-7-24(8-4-20)28(31)32/h1-16H,17-18H2/q+2. The van der Waals surface area contributed by atoms with Crippen LogP contribution in [0, 0.1) is 20.2 Å². The van der Waals surface area contributed by atoms with Gasteiger partial charge in [-0.15, -0.1) is 0 Å². The summed E-state index contributed by atoms with van der Waals surface area (Å²) in [7, 11) is 0. The predicted molar refractivity (Wildman–Crippen MR) is 117 cm³/mol. The zero-order valence-corrected chi connectivity index (χ0v) is 17.1. The zero-order valence-electron chi connectivity index (χ0n) is 17.1. The molecule has 32 heavy (non-hydrogen) atoms. The number of nitro benzene ring substituents is 2. The summed E-state index contributed by atoms with van der Waals surface area (Å²) in [6.45, 7) is 1.25. The summed E-state index contributed by atoms with van der Waals surface area (Å²) in [6.07, 6.45) is 7.92. The molecule has 0 aliphatic rings. The normalized spacial score (nSPS) is 10.6. The van der Waals surface area contributed by atoms with Crippen LogP contribution in [0.5, 0.6) is 0 Å². The van der Waals surface area contributed by atoms with E-state index < -0.39 is 9.85 Å². The molecule has 4 rings (SSSR count). The van der Waals surface area contributed by atoms with Gasteiger partial charge in [0.05, 0.1) is 9.85 Å². The van der Waals surface area contributed by atoms with E-state index in [1.807, 2.05) is 58.2 Å². The summed E-state index contributed by atoms with van der Waals surface area (Å²) < 4.78 is 4.03. The molecule has 8 nitrogen and oxygen atoms in total. The molecule has 0 amide bonds. The molecule has 2 aromatic carbocycles. The molecule has 0 fully saturated rings. The van der Waals surface area contributed by atoms with Crippen LogP contribution in [0.25, 0.3) is 11.1 Å². The molecule has 8 heteroatoms. The second-order valence-electron chi connectivity index (χ2n) is 7.37. The van der Waals surface area contributed by atoms with E-state index in [4.69, 9.17) is 0 Å². The van der Waals surface area contributed by atoms with Gasteiger partial charge in [-0.25, -0.2) is 9.13 Å². The maximum Gasteiger partial charge on any atom is 0.269 e. The molecule has 0 spiro atoms. The summed E-state index contributed by atoms with van der Waals surface area (Å²) in [6, 6.07) is 21.2. The van der Waals surface area contributed by atoms with Gasteiger partial charge in [0.1, 0.15) is 0 Å². The van der Waals surface area contributed by atoms with Gasteiger partial charge in [0.25, 0.3) is 11.4 Å². The zero-order chi connectivity index (χ0) is 22.5. The van der Waals surface area contributed by atoms with Crippen molar-refractivity contribution < 1.29 is 19.0 Å². The number of benzene rings is 2. The first-order chi connectivity index (χ1) is 15.5. The third-order valence-corrected chi connectivity index (χ3v) is 5.14. The Hall–Kier alpha value is -4.46. The average Bonchev–Trinajstić information content (AvgIpc) is 2.81. The molecule has 2 heterocycles. The molecule has 4 aromatic rings. The van der Waals surface area contributed by atoms with Crippen molar-refractivity contribution in [3.05, 3.63) is 129 Å². The minimum atomic E-state index is -0.402. The average molecular weight is 428 g/mol.